The minimum absolute atomic E-state index is 0.366. The van der Waals surface area contributed by atoms with Crippen molar-refractivity contribution in [3.8, 4) is 0 Å². The number of isocyanates is 1. The highest BCUT2D eigenvalue weighted by molar-refractivity contribution is 9.10. The van der Waals surface area contributed by atoms with Gasteiger partial charge in [-0.15, -0.1) is 0 Å². The first kappa shape index (κ1) is 12.1. The number of rotatable bonds is 4. The van der Waals surface area contributed by atoms with Crippen molar-refractivity contribution >= 4 is 22.0 Å². The maximum absolute atomic E-state index is 13.2. The van der Waals surface area contributed by atoms with Gasteiger partial charge in [0.2, 0.25) is 12.4 Å². The molecule has 1 aromatic rings. The molecule has 4 heteroatoms. The summed E-state index contributed by atoms with van der Waals surface area (Å²) in [5.41, 5.74) is 1.49. The van der Waals surface area contributed by atoms with Crippen molar-refractivity contribution in [2.75, 3.05) is 0 Å². The van der Waals surface area contributed by atoms with Crippen molar-refractivity contribution in [2.24, 2.45) is 4.99 Å². The molecular formula is C11H11BrFNO. The van der Waals surface area contributed by atoms with Crippen LogP contribution in [0.1, 0.15) is 30.8 Å². The molecule has 80 valence electrons. The summed E-state index contributed by atoms with van der Waals surface area (Å²) in [6, 6.07) is 5.13. The van der Waals surface area contributed by atoms with Crippen LogP contribution in [0.15, 0.2) is 27.7 Å². The largest absolute Gasteiger partial charge is 0.238 e. The fourth-order valence-electron chi connectivity index (χ4n) is 1.30. The zero-order valence-electron chi connectivity index (χ0n) is 8.34. The third kappa shape index (κ3) is 3.26. The molecule has 1 aromatic carbocycles. The van der Waals surface area contributed by atoms with E-state index in [4.69, 9.17) is 0 Å². The molecule has 0 spiro atoms. The Morgan fingerprint density at radius 2 is 2.33 bits per heavy atom. The summed E-state index contributed by atoms with van der Waals surface area (Å²) >= 11 is 3.36. The van der Waals surface area contributed by atoms with E-state index in [1.54, 1.807) is 12.1 Å². The Kier molecular flexibility index (Phi) is 4.66. The number of alkyl halides is 1. The number of aliphatic imine (C=N–C) groups is 1. The van der Waals surface area contributed by atoms with E-state index < -0.39 is 6.30 Å². The molecule has 0 amide bonds. The predicted molar refractivity (Wildman–Crippen MR) is 60.1 cm³/mol. The summed E-state index contributed by atoms with van der Waals surface area (Å²) in [6.45, 7) is 2.08. The molecule has 1 atom stereocenters. The quantitative estimate of drug-likeness (QED) is 0.466. The lowest BCUT2D eigenvalue weighted by atomic mass is 10.1. The summed E-state index contributed by atoms with van der Waals surface area (Å²) in [5, 5.41) is 0. The van der Waals surface area contributed by atoms with Gasteiger partial charge < -0.3 is 0 Å². The summed E-state index contributed by atoms with van der Waals surface area (Å²) in [6.07, 6.45) is 1.56. The van der Waals surface area contributed by atoms with E-state index in [0.717, 1.165) is 22.9 Å². The highest BCUT2D eigenvalue weighted by atomic mass is 79.9. The number of aryl methyl sites for hydroxylation is 1. The Balaban J connectivity index is 2.95. The lowest BCUT2D eigenvalue weighted by molar-refractivity contribution is 0.356. The standard InChI is InChI=1S/C11H11BrFNO/c1-2-3-8-4-5-9(6-10(8)12)11(13)14-7-15/h4-6,11H,2-3H2,1H3. The fourth-order valence-corrected chi connectivity index (χ4v) is 1.90. The molecule has 2 nitrogen and oxygen atoms in total. The highest BCUT2D eigenvalue weighted by Gasteiger charge is 2.09. The van der Waals surface area contributed by atoms with Crippen molar-refractivity contribution in [3.05, 3.63) is 33.8 Å². The first-order chi connectivity index (χ1) is 7.19. The first-order valence-electron chi connectivity index (χ1n) is 4.68. The molecule has 1 unspecified atom stereocenters. The maximum atomic E-state index is 13.2. The molecule has 0 aromatic heterocycles. The third-order valence-electron chi connectivity index (χ3n) is 2.04. The Hall–Kier alpha value is -0.990. The summed E-state index contributed by atoms with van der Waals surface area (Å²) in [4.78, 5) is 12.9. The minimum atomic E-state index is -1.62. The number of halogens is 2. The number of nitrogens with zero attached hydrogens (tertiary/aromatic N) is 1. The number of benzene rings is 1. The Labute approximate surface area is 96.3 Å². The van der Waals surface area contributed by atoms with Crippen molar-refractivity contribution < 1.29 is 9.18 Å². The first-order valence-corrected chi connectivity index (χ1v) is 5.47. The third-order valence-corrected chi connectivity index (χ3v) is 2.78. The Bertz CT molecular complexity index is 388. The number of hydrogen-bond acceptors (Lipinski definition) is 2. The van der Waals surface area contributed by atoms with Crippen LogP contribution < -0.4 is 0 Å². The Morgan fingerprint density at radius 1 is 1.60 bits per heavy atom. The van der Waals surface area contributed by atoms with Gasteiger partial charge in [-0.3, -0.25) is 0 Å². The molecule has 0 heterocycles. The molecule has 15 heavy (non-hydrogen) atoms. The van der Waals surface area contributed by atoms with Crippen LogP contribution in [0.2, 0.25) is 0 Å². The summed E-state index contributed by atoms with van der Waals surface area (Å²) < 4.78 is 14.0. The van der Waals surface area contributed by atoms with E-state index in [1.807, 2.05) is 6.07 Å². The van der Waals surface area contributed by atoms with Gasteiger partial charge in [0.1, 0.15) is 0 Å². The van der Waals surface area contributed by atoms with E-state index in [9.17, 15) is 9.18 Å². The molecule has 0 saturated heterocycles. The van der Waals surface area contributed by atoms with Crippen LogP contribution in [0.5, 0.6) is 0 Å². The lowest BCUT2D eigenvalue weighted by Gasteiger charge is -2.06. The monoisotopic (exact) mass is 271 g/mol. The second-order valence-corrected chi connectivity index (χ2v) is 4.01. The van der Waals surface area contributed by atoms with E-state index in [-0.39, 0.29) is 0 Å². The second-order valence-electron chi connectivity index (χ2n) is 3.16. The molecule has 0 N–H and O–H groups in total. The SMILES string of the molecule is CCCc1ccc(C(F)N=C=O)cc1Br. The average Bonchev–Trinajstić information content (AvgIpc) is 2.21. The van der Waals surface area contributed by atoms with E-state index in [0.29, 0.717) is 5.56 Å². The smallest absolute Gasteiger partial charge is 0.215 e. The van der Waals surface area contributed by atoms with Crippen LogP contribution in [0.4, 0.5) is 4.39 Å². The van der Waals surface area contributed by atoms with Crippen LogP contribution in [0, 0.1) is 0 Å². The molecule has 0 aliphatic carbocycles. The van der Waals surface area contributed by atoms with Crippen LogP contribution >= 0.6 is 15.9 Å². The van der Waals surface area contributed by atoms with Gasteiger partial charge in [0.05, 0.1) is 0 Å². The predicted octanol–water partition coefficient (Wildman–Crippen LogP) is 3.71. The van der Waals surface area contributed by atoms with Crippen LogP contribution in [0.25, 0.3) is 0 Å². The minimum Gasteiger partial charge on any atom is -0.215 e. The van der Waals surface area contributed by atoms with Gasteiger partial charge in [0.25, 0.3) is 0 Å². The van der Waals surface area contributed by atoms with Gasteiger partial charge >= 0.3 is 0 Å². The molecule has 0 fully saturated rings. The second kappa shape index (κ2) is 5.79. The lowest BCUT2D eigenvalue weighted by Crippen LogP contribution is -1.91. The maximum Gasteiger partial charge on any atom is 0.238 e. The van der Waals surface area contributed by atoms with Crippen molar-refractivity contribution in [1.82, 2.24) is 0 Å². The van der Waals surface area contributed by atoms with E-state index >= 15 is 0 Å². The molecule has 0 aliphatic heterocycles. The van der Waals surface area contributed by atoms with Crippen molar-refractivity contribution in [3.63, 3.8) is 0 Å². The number of hydrogen-bond donors (Lipinski definition) is 0. The highest BCUT2D eigenvalue weighted by Crippen LogP contribution is 2.25. The fraction of sp³-hybridized carbons (Fsp3) is 0.364. The molecule has 0 aliphatic rings. The van der Waals surface area contributed by atoms with Gasteiger partial charge in [0, 0.05) is 10.0 Å². The topological polar surface area (TPSA) is 29.4 Å². The molecule has 0 bridgehead atoms. The van der Waals surface area contributed by atoms with E-state index in [2.05, 4.69) is 27.8 Å². The van der Waals surface area contributed by atoms with E-state index in [1.165, 1.54) is 6.08 Å². The summed E-state index contributed by atoms with van der Waals surface area (Å²) in [7, 11) is 0. The van der Waals surface area contributed by atoms with Gasteiger partial charge in [-0.25, -0.2) is 9.18 Å². The zero-order chi connectivity index (χ0) is 11.3. The Morgan fingerprint density at radius 3 is 2.87 bits per heavy atom. The van der Waals surface area contributed by atoms with Gasteiger partial charge in [-0.2, -0.15) is 4.99 Å². The van der Waals surface area contributed by atoms with Crippen LogP contribution in [0.3, 0.4) is 0 Å². The molecule has 0 saturated carbocycles. The van der Waals surface area contributed by atoms with Crippen molar-refractivity contribution in [1.29, 1.82) is 0 Å². The normalized spacial score (nSPS) is 11.9. The van der Waals surface area contributed by atoms with Crippen LogP contribution in [-0.4, -0.2) is 6.08 Å². The van der Waals surface area contributed by atoms with Crippen LogP contribution in [-0.2, 0) is 11.2 Å². The average molecular weight is 272 g/mol. The van der Waals surface area contributed by atoms with Gasteiger partial charge in [0.15, 0.2) is 0 Å². The number of carbonyl (C=O) groups excluding carboxylic acids is 1. The summed E-state index contributed by atoms with van der Waals surface area (Å²) in [5.74, 6) is 0. The molecule has 0 radical (unpaired) electrons. The molecular weight excluding hydrogens is 261 g/mol. The van der Waals surface area contributed by atoms with Gasteiger partial charge in [-0.1, -0.05) is 41.4 Å². The zero-order valence-corrected chi connectivity index (χ0v) is 9.92. The molecule has 1 rings (SSSR count). The van der Waals surface area contributed by atoms with Crippen molar-refractivity contribution in [2.45, 2.75) is 26.1 Å². The van der Waals surface area contributed by atoms with Gasteiger partial charge in [-0.05, 0) is 18.1 Å².